The largest absolute Gasteiger partial charge is 0.452 e. The van der Waals surface area contributed by atoms with E-state index in [2.05, 4.69) is 4.37 Å². The fourth-order valence-corrected chi connectivity index (χ4v) is 3.62. The van der Waals surface area contributed by atoms with Crippen LogP contribution in [-0.4, -0.2) is 28.9 Å². The van der Waals surface area contributed by atoms with Crippen molar-refractivity contribution in [3.05, 3.63) is 41.1 Å². The fraction of sp³-hybridized carbons (Fsp3) is 0.353. The van der Waals surface area contributed by atoms with Crippen LogP contribution in [0.25, 0.3) is 0 Å². The first-order chi connectivity index (χ1) is 11.5. The molecule has 2 aromatic rings. The zero-order valence-electron chi connectivity index (χ0n) is 13.6. The van der Waals surface area contributed by atoms with Crippen molar-refractivity contribution in [2.75, 3.05) is 17.2 Å². The van der Waals surface area contributed by atoms with Crippen LogP contribution in [0.2, 0.25) is 0 Å². The number of carbonyl (C=O) groups is 2. The highest BCUT2D eigenvalue weighted by Crippen LogP contribution is 2.30. The van der Waals surface area contributed by atoms with E-state index in [1.165, 1.54) is 0 Å². The molecule has 2 heterocycles. The van der Waals surface area contributed by atoms with Gasteiger partial charge >= 0.3 is 5.97 Å². The Morgan fingerprint density at radius 2 is 2.17 bits per heavy atom. The number of anilines is 2. The zero-order chi connectivity index (χ0) is 17.3. The lowest BCUT2D eigenvalue weighted by Gasteiger charge is -2.35. The highest BCUT2D eigenvalue weighted by Gasteiger charge is 2.29. The third-order valence-corrected chi connectivity index (χ3v) is 4.98. The smallest absolute Gasteiger partial charge is 0.343 e. The highest BCUT2D eigenvalue weighted by atomic mass is 32.1. The molecule has 0 fully saturated rings. The number of nitrogens with two attached hydrogens (primary N) is 1. The number of benzene rings is 1. The number of aromatic nitrogens is 1. The Hall–Kier alpha value is -2.41. The van der Waals surface area contributed by atoms with Gasteiger partial charge in [0, 0.05) is 11.7 Å². The summed E-state index contributed by atoms with van der Waals surface area (Å²) >= 11 is 1.04. The number of nitrogens with zero attached hydrogens (tertiary/aromatic N) is 2. The summed E-state index contributed by atoms with van der Waals surface area (Å²) in [5.41, 5.74) is 8.54. The van der Waals surface area contributed by atoms with Crippen LogP contribution < -0.4 is 10.6 Å². The van der Waals surface area contributed by atoms with Crippen molar-refractivity contribution in [3.63, 3.8) is 0 Å². The van der Waals surface area contributed by atoms with Crippen LogP contribution in [0, 0.1) is 6.92 Å². The number of hydrogen-bond acceptors (Lipinski definition) is 6. The number of ether oxygens (including phenoxy) is 1. The Kier molecular flexibility index (Phi) is 4.53. The molecule has 0 saturated heterocycles. The van der Waals surface area contributed by atoms with Gasteiger partial charge in [0.2, 0.25) is 0 Å². The van der Waals surface area contributed by atoms with Crippen LogP contribution in [0.3, 0.4) is 0 Å². The monoisotopic (exact) mass is 345 g/mol. The fourth-order valence-electron chi connectivity index (χ4n) is 2.97. The van der Waals surface area contributed by atoms with E-state index in [1.807, 2.05) is 31.2 Å². The lowest BCUT2D eigenvalue weighted by atomic mass is 9.96. The zero-order valence-corrected chi connectivity index (χ0v) is 14.4. The minimum absolute atomic E-state index is 0.0701. The normalized spacial score (nSPS) is 16.6. The van der Waals surface area contributed by atoms with Gasteiger partial charge in [-0.15, -0.1) is 0 Å². The SMILES string of the molecule is Cc1nsc(N)c1C(=O)OCC(=O)N1c2ccccc2CC[C@@H]1C. The first-order valence-corrected chi connectivity index (χ1v) is 8.55. The third-order valence-electron chi connectivity index (χ3n) is 4.21. The number of aryl methyl sites for hydroxylation is 2. The Labute approximate surface area is 144 Å². The summed E-state index contributed by atoms with van der Waals surface area (Å²) in [6, 6.07) is 7.89. The average Bonchev–Trinajstić information content (AvgIpc) is 2.91. The molecule has 1 atom stereocenters. The van der Waals surface area contributed by atoms with Gasteiger partial charge in [0.25, 0.3) is 5.91 Å². The maximum absolute atomic E-state index is 12.6. The molecule has 1 aliphatic heterocycles. The van der Waals surface area contributed by atoms with E-state index in [1.54, 1.807) is 11.8 Å². The number of carbonyl (C=O) groups excluding carboxylic acids is 2. The molecule has 6 nitrogen and oxygen atoms in total. The number of fused-ring (bicyclic) bond motifs is 1. The summed E-state index contributed by atoms with van der Waals surface area (Å²) in [6.07, 6.45) is 1.83. The average molecular weight is 345 g/mol. The summed E-state index contributed by atoms with van der Waals surface area (Å²) in [5, 5.41) is 0.307. The van der Waals surface area contributed by atoms with Crippen LogP contribution in [0.5, 0.6) is 0 Å². The van der Waals surface area contributed by atoms with Gasteiger partial charge in [-0.2, -0.15) is 4.37 Å². The van der Waals surface area contributed by atoms with E-state index in [9.17, 15) is 9.59 Å². The summed E-state index contributed by atoms with van der Waals surface area (Å²) in [7, 11) is 0. The number of amides is 1. The summed E-state index contributed by atoms with van der Waals surface area (Å²) in [5.74, 6) is -0.840. The molecular formula is C17H19N3O3S. The molecule has 3 rings (SSSR count). The number of rotatable bonds is 3. The molecular weight excluding hydrogens is 326 g/mol. The van der Waals surface area contributed by atoms with Gasteiger partial charge < -0.3 is 15.4 Å². The van der Waals surface area contributed by atoms with Crippen molar-refractivity contribution in [3.8, 4) is 0 Å². The molecule has 1 amide bonds. The molecule has 0 bridgehead atoms. The number of para-hydroxylation sites is 1. The van der Waals surface area contributed by atoms with Gasteiger partial charge in [-0.3, -0.25) is 4.79 Å². The van der Waals surface area contributed by atoms with Crippen molar-refractivity contribution in [2.45, 2.75) is 32.7 Å². The van der Waals surface area contributed by atoms with Gasteiger partial charge in [0.1, 0.15) is 10.6 Å². The van der Waals surface area contributed by atoms with Crippen molar-refractivity contribution >= 4 is 34.1 Å². The van der Waals surface area contributed by atoms with Gasteiger partial charge in [0.15, 0.2) is 6.61 Å². The summed E-state index contributed by atoms with van der Waals surface area (Å²) < 4.78 is 9.20. The van der Waals surface area contributed by atoms with Crippen LogP contribution in [0.1, 0.15) is 35.0 Å². The van der Waals surface area contributed by atoms with Gasteiger partial charge in [-0.05, 0) is 49.9 Å². The summed E-state index contributed by atoms with van der Waals surface area (Å²) in [4.78, 5) is 26.5. The van der Waals surface area contributed by atoms with E-state index < -0.39 is 5.97 Å². The predicted octanol–water partition coefficient (Wildman–Crippen LogP) is 2.56. The Balaban J connectivity index is 1.73. The van der Waals surface area contributed by atoms with Gasteiger partial charge in [-0.1, -0.05) is 18.2 Å². The van der Waals surface area contributed by atoms with Crippen molar-refractivity contribution in [1.29, 1.82) is 0 Å². The van der Waals surface area contributed by atoms with Crippen molar-refractivity contribution in [1.82, 2.24) is 4.37 Å². The Morgan fingerprint density at radius 3 is 2.88 bits per heavy atom. The van der Waals surface area contributed by atoms with Crippen LogP contribution >= 0.6 is 11.5 Å². The Bertz CT molecular complexity index is 768. The number of nitrogen functional groups attached to an aromatic ring is 1. The van der Waals surface area contributed by atoms with Gasteiger partial charge in [0.05, 0.1) is 5.69 Å². The van der Waals surface area contributed by atoms with E-state index in [-0.39, 0.29) is 24.1 Å². The summed E-state index contributed by atoms with van der Waals surface area (Å²) in [6.45, 7) is 3.38. The van der Waals surface area contributed by atoms with Crippen molar-refractivity contribution in [2.24, 2.45) is 0 Å². The molecule has 0 radical (unpaired) electrons. The first kappa shape index (κ1) is 16.4. The van der Waals surface area contributed by atoms with E-state index >= 15 is 0 Å². The molecule has 0 spiro atoms. The van der Waals surface area contributed by atoms with Gasteiger partial charge in [-0.25, -0.2) is 4.79 Å². The topological polar surface area (TPSA) is 85.5 Å². The molecule has 126 valence electrons. The van der Waals surface area contributed by atoms with E-state index in [0.717, 1.165) is 35.6 Å². The minimum atomic E-state index is -0.606. The lowest BCUT2D eigenvalue weighted by Crippen LogP contribution is -2.44. The Morgan fingerprint density at radius 1 is 1.42 bits per heavy atom. The lowest BCUT2D eigenvalue weighted by molar-refractivity contribution is -0.122. The molecule has 0 aliphatic carbocycles. The maximum atomic E-state index is 12.6. The van der Waals surface area contributed by atoms with E-state index in [0.29, 0.717) is 10.7 Å². The first-order valence-electron chi connectivity index (χ1n) is 7.78. The maximum Gasteiger partial charge on any atom is 0.343 e. The molecule has 7 heteroatoms. The molecule has 24 heavy (non-hydrogen) atoms. The third kappa shape index (κ3) is 2.99. The quantitative estimate of drug-likeness (QED) is 0.864. The van der Waals surface area contributed by atoms with Crippen molar-refractivity contribution < 1.29 is 14.3 Å². The standard InChI is InChI=1S/C17H19N3O3S/c1-10-7-8-12-5-3-4-6-13(12)20(10)14(21)9-23-17(22)15-11(2)19-24-16(15)18/h3-6,10H,7-9,18H2,1-2H3/t10-/m0/s1. The number of esters is 1. The predicted molar refractivity (Wildman–Crippen MR) is 93.3 cm³/mol. The van der Waals surface area contributed by atoms with Crippen LogP contribution in [-0.2, 0) is 16.0 Å². The highest BCUT2D eigenvalue weighted by molar-refractivity contribution is 7.10. The second-order valence-electron chi connectivity index (χ2n) is 5.86. The molecule has 2 N–H and O–H groups in total. The molecule has 0 unspecified atom stereocenters. The number of hydrogen-bond donors (Lipinski definition) is 1. The molecule has 0 saturated carbocycles. The van der Waals surface area contributed by atoms with Crippen LogP contribution in [0.15, 0.2) is 24.3 Å². The second kappa shape index (κ2) is 6.60. The molecule has 1 aromatic carbocycles. The second-order valence-corrected chi connectivity index (χ2v) is 6.67. The molecule has 1 aliphatic rings. The minimum Gasteiger partial charge on any atom is -0.452 e. The van der Waals surface area contributed by atoms with Crippen LogP contribution in [0.4, 0.5) is 10.7 Å². The van der Waals surface area contributed by atoms with E-state index in [4.69, 9.17) is 10.5 Å². The molecule has 1 aromatic heterocycles.